The number of hydrogen-bond donors (Lipinski definition) is 2. The number of nitrogens with zero attached hydrogens (tertiary/aromatic N) is 2. The number of aryl methyl sites for hydroxylation is 1. The van der Waals surface area contributed by atoms with Crippen LogP contribution in [-0.4, -0.2) is 29.8 Å². The van der Waals surface area contributed by atoms with Crippen molar-refractivity contribution in [1.29, 1.82) is 5.41 Å². The molecular formula is C14H16N4O3. The van der Waals surface area contributed by atoms with E-state index in [1.54, 1.807) is 32.2 Å². The molecule has 0 fully saturated rings. The highest BCUT2D eigenvalue weighted by Crippen LogP contribution is 2.29. The van der Waals surface area contributed by atoms with Crippen LogP contribution in [0.2, 0.25) is 0 Å². The molecule has 7 heteroatoms. The molecule has 0 aliphatic rings. The van der Waals surface area contributed by atoms with Gasteiger partial charge in [0, 0.05) is 17.8 Å². The number of nitrogen functional groups attached to an aromatic ring is 1. The summed E-state index contributed by atoms with van der Waals surface area (Å²) >= 11 is 0. The minimum atomic E-state index is -0.378. The first-order valence-corrected chi connectivity index (χ1v) is 6.15. The fourth-order valence-electron chi connectivity index (χ4n) is 1.95. The second kappa shape index (κ2) is 5.66. The van der Waals surface area contributed by atoms with Gasteiger partial charge in [-0.15, -0.1) is 0 Å². The molecule has 0 saturated heterocycles. The molecule has 0 amide bonds. The van der Waals surface area contributed by atoms with E-state index in [4.69, 9.17) is 20.6 Å². The molecule has 0 aliphatic carbocycles. The highest BCUT2D eigenvalue weighted by molar-refractivity contribution is 5.92. The summed E-state index contributed by atoms with van der Waals surface area (Å²) in [6.07, 6.45) is 0. The molecule has 0 bridgehead atoms. The van der Waals surface area contributed by atoms with Gasteiger partial charge in [0.1, 0.15) is 5.84 Å². The van der Waals surface area contributed by atoms with Crippen LogP contribution in [0.25, 0.3) is 5.69 Å². The molecule has 0 radical (unpaired) electrons. The molecule has 0 atom stereocenters. The molecule has 2 rings (SSSR count). The van der Waals surface area contributed by atoms with Crippen LogP contribution < -0.4 is 20.6 Å². The summed E-state index contributed by atoms with van der Waals surface area (Å²) in [6, 6.07) is 6.63. The Balaban J connectivity index is 2.64. The largest absolute Gasteiger partial charge is 0.493 e. The quantitative estimate of drug-likeness (QED) is 0.641. The molecule has 110 valence electrons. The van der Waals surface area contributed by atoms with Crippen molar-refractivity contribution in [2.45, 2.75) is 6.92 Å². The maximum atomic E-state index is 11.7. The van der Waals surface area contributed by atoms with Gasteiger partial charge in [-0.25, -0.2) is 4.68 Å². The molecular weight excluding hydrogens is 272 g/mol. The molecule has 1 heterocycles. The number of nitrogens with one attached hydrogen (secondary N) is 1. The van der Waals surface area contributed by atoms with Crippen LogP contribution in [0.1, 0.15) is 11.4 Å². The van der Waals surface area contributed by atoms with Crippen molar-refractivity contribution in [3.05, 3.63) is 45.9 Å². The summed E-state index contributed by atoms with van der Waals surface area (Å²) in [7, 11) is 3.09. The fourth-order valence-corrected chi connectivity index (χ4v) is 1.95. The van der Waals surface area contributed by atoms with Crippen molar-refractivity contribution in [2.24, 2.45) is 5.73 Å². The highest BCUT2D eigenvalue weighted by atomic mass is 16.5. The average Bonchev–Trinajstić information content (AvgIpc) is 2.46. The van der Waals surface area contributed by atoms with Gasteiger partial charge in [-0.05, 0) is 19.1 Å². The number of nitrogens with two attached hydrogens (primary N) is 1. The first-order chi connectivity index (χ1) is 9.97. The number of methoxy groups -OCH3 is 2. The number of benzene rings is 1. The van der Waals surface area contributed by atoms with Crippen LogP contribution >= 0.6 is 0 Å². The average molecular weight is 288 g/mol. The summed E-state index contributed by atoms with van der Waals surface area (Å²) in [5.41, 5.74) is 6.21. The summed E-state index contributed by atoms with van der Waals surface area (Å²) in [5.74, 6) is 0.764. The van der Waals surface area contributed by atoms with Crippen molar-refractivity contribution < 1.29 is 9.47 Å². The maximum Gasteiger partial charge on any atom is 0.211 e. The van der Waals surface area contributed by atoms with Gasteiger partial charge in [0.05, 0.1) is 19.9 Å². The number of amidine groups is 1. The molecule has 0 spiro atoms. The first-order valence-electron chi connectivity index (χ1n) is 6.15. The van der Waals surface area contributed by atoms with Crippen molar-refractivity contribution in [3.63, 3.8) is 0 Å². The van der Waals surface area contributed by atoms with Gasteiger partial charge in [-0.2, -0.15) is 5.10 Å². The maximum absolute atomic E-state index is 11.7. The monoisotopic (exact) mass is 288 g/mol. The topological polar surface area (TPSA) is 103 Å². The predicted octanol–water partition coefficient (Wildman–Crippen LogP) is 0.842. The van der Waals surface area contributed by atoms with E-state index < -0.39 is 0 Å². The third-order valence-electron chi connectivity index (χ3n) is 2.97. The molecule has 1 aromatic carbocycles. The Morgan fingerprint density at radius 3 is 2.48 bits per heavy atom. The van der Waals surface area contributed by atoms with Crippen LogP contribution in [-0.2, 0) is 0 Å². The molecule has 1 aromatic heterocycles. The standard InChI is InChI=1S/C14H16N4O3/c1-8-6-10(19)13(14(15)16)17-18(8)9-4-5-11(20-2)12(7-9)21-3/h4-7H,1-3H3,(H3,15,16). The van der Waals surface area contributed by atoms with Crippen molar-refractivity contribution >= 4 is 5.84 Å². The van der Waals surface area contributed by atoms with E-state index in [-0.39, 0.29) is 17.0 Å². The molecule has 0 aliphatic heterocycles. The van der Waals surface area contributed by atoms with Crippen LogP contribution in [0.3, 0.4) is 0 Å². The SMILES string of the molecule is COc1ccc(-n2nc(C(=N)N)c(=O)cc2C)cc1OC. The number of ether oxygens (including phenoxy) is 2. The number of rotatable bonds is 4. The molecule has 2 aromatic rings. The third-order valence-corrected chi connectivity index (χ3v) is 2.97. The van der Waals surface area contributed by atoms with E-state index in [0.29, 0.717) is 22.9 Å². The zero-order valence-electron chi connectivity index (χ0n) is 12.0. The van der Waals surface area contributed by atoms with E-state index in [2.05, 4.69) is 5.10 Å². The Morgan fingerprint density at radius 1 is 1.24 bits per heavy atom. The lowest BCUT2D eigenvalue weighted by Gasteiger charge is -2.13. The zero-order valence-corrected chi connectivity index (χ0v) is 12.0. The van der Waals surface area contributed by atoms with Crippen LogP contribution in [0.4, 0.5) is 0 Å². The Kier molecular flexibility index (Phi) is 3.93. The lowest BCUT2D eigenvalue weighted by atomic mass is 10.2. The van der Waals surface area contributed by atoms with Crippen molar-refractivity contribution in [3.8, 4) is 17.2 Å². The van der Waals surface area contributed by atoms with Crippen LogP contribution in [0, 0.1) is 12.3 Å². The van der Waals surface area contributed by atoms with Gasteiger partial charge in [0.15, 0.2) is 17.2 Å². The second-order valence-electron chi connectivity index (χ2n) is 4.36. The predicted molar refractivity (Wildman–Crippen MR) is 78.7 cm³/mol. The molecule has 7 nitrogen and oxygen atoms in total. The summed E-state index contributed by atoms with van der Waals surface area (Å²) in [4.78, 5) is 11.7. The Bertz CT molecular complexity index is 752. The lowest BCUT2D eigenvalue weighted by molar-refractivity contribution is 0.354. The normalized spacial score (nSPS) is 10.2. The van der Waals surface area contributed by atoms with Crippen LogP contribution in [0.15, 0.2) is 29.1 Å². The Hall–Kier alpha value is -2.83. The molecule has 21 heavy (non-hydrogen) atoms. The lowest BCUT2D eigenvalue weighted by Crippen LogP contribution is -2.27. The Morgan fingerprint density at radius 2 is 1.90 bits per heavy atom. The second-order valence-corrected chi connectivity index (χ2v) is 4.36. The number of hydrogen-bond acceptors (Lipinski definition) is 5. The summed E-state index contributed by atoms with van der Waals surface area (Å²) in [6.45, 7) is 1.75. The fraction of sp³-hybridized carbons (Fsp3) is 0.214. The highest BCUT2D eigenvalue weighted by Gasteiger charge is 2.12. The van der Waals surface area contributed by atoms with Gasteiger partial charge in [0.2, 0.25) is 5.43 Å². The molecule has 0 unspecified atom stereocenters. The van der Waals surface area contributed by atoms with Gasteiger partial charge in [-0.3, -0.25) is 10.2 Å². The van der Waals surface area contributed by atoms with Crippen molar-refractivity contribution in [1.82, 2.24) is 9.78 Å². The van der Waals surface area contributed by atoms with Gasteiger partial charge in [0.25, 0.3) is 0 Å². The van der Waals surface area contributed by atoms with Crippen LogP contribution in [0.5, 0.6) is 11.5 Å². The molecule has 3 N–H and O–H groups in total. The van der Waals surface area contributed by atoms with Crippen molar-refractivity contribution in [2.75, 3.05) is 14.2 Å². The minimum absolute atomic E-state index is 0.0876. The van der Waals surface area contributed by atoms with E-state index in [1.807, 2.05) is 0 Å². The minimum Gasteiger partial charge on any atom is -0.493 e. The number of aromatic nitrogens is 2. The zero-order chi connectivity index (χ0) is 15.6. The smallest absolute Gasteiger partial charge is 0.211 e. The summed E-state index contributed by atoms with van der Waals surface area (Å²) < 4.78 is 12.0. The first kappa shape index (κ1) is 14.6. The molecule has 0 saturated carbocycles. The van der Waals surface area contributed by atoms with Gasteiger partial charge < -0.3 is 15.2 Å². The van der Waals surface area contributed by atoms with E-state index >= 15 is 0 Å². The third kappa shape index (κ3) is 2.71. The van der Waals surface area contributed by atoms with E-state index in [1.165, 1.54) is 17.9 Å². The van der Waals surface area contributed by atoms with Gasteiger partial charge >= 0.3 is 0 Å². The van der Waals surface area contributed by atoms with E-state index in [9.17, 15) is 4.79 Å². The van der Waals surface area contributed by atoms with Gasteiger partial charge in [-0.1, -0.05) is 0 Å². The Labute approximate surface area is 121 Å². The van der Waals surface area contributed by atoms with E-state index in [0.717, 1.165) is 0 Å². The summed E-state index contributed by atoms with van der Waals surface area (Å²) in [5, 5.41) is 11.5.